The highest BCUT2D eigenvalue weighted by Gasteiger charge is 2.44. The van der Waals surface area contributed by atoms with Gasteiger partial charge in [0.2, 0.25) is 5.95 Å². The van der Waals surface area contributed by atoms with E-state index in [1.165, 1.54) is 11.1 Å². The molecule has 5 aromatic rings. The number of aliphatic hydroxyl groups excluding tert-OH is 2. The average molecular weight is 608 g/mol. The predicted octanol–water partition coefficient (Wildman–Crippen LogP) is 4.16. The molecular weight excluding hydrogens is 566 g/mol. The van der Waals surface area contributed by atoms with E-state index in [1.807, 2.05) is 29.8 Å². The van der Waals surface area contributed by atoms with Crippen molar-refractivity contribution >= 4 is 22.9 Å². The van der Waals surface area contributed by atoms with E-state index in [2.05, 4.69) is 64.3 Å². The Bertz CT molecular complexity index is 1680. The zero-order chi connectivity index (χ0) is 30.9. The fourth-order valence-corrected chi connectivity index (χ4v) is 6.93. The van der Waals surface area contributed by atoms with Gasteiger partial charge in [-0.2, -0.15) is 15.1 Å². The van der Waals surface area contributed by atoms with Gasteiger partial charge in [0.25, 0.3) is 0 Å². The lowest BCUT2D eigenvalue weighted by Gasteiger charge is -2.27. The number of hydrogen-bond acceptors (Lipinski definition) is 9. The van der Waals surface area contributed by atoms with E-state index in [4.69, 9.17) is 20.7 Å². The first-order valence-electron chi connectivity index (χ1n) is 15.9. The van der Waals surface area contributed by atoms with E-state index in [0.717, 1.165) is 31.2 Å². The van der Waals surface area contributed by atoms with Crippen molar-refractivity contribution in [2.45, 2.75) is 81.3 Å². The van der Waals surface area contributed by atoms with E-state index in [-0.39, 0.29) is 24.0 Å². The molecule has 2 saturated carbocycles. The molecular formula is C34H41N9O2. The molecule has 0 spiro atoms. The molecule has 2 fully saturated rings. The first kappa shape index (κ1) is 29.4. The van der Waals surface area contributed by atoms with Crippen LogP contribution in [0.1, 0.15) is 66.8 Å². The van der Waals surface area contributed by atoms with Gasteiger partial charge in [0.15, 0.2) is 17.0 Å². The summed E-state index contributed by atoms with van der Waals surface area (Å²) in [7, 11) is 0. The lowest BCUT2D eigenvalue weighted by atomic mass is 9.91. The molecule has 0 aliphatic heterocycles. The van der Waals surface area contributed by atoms with Crippen LogP contribution in [0.2, 0.25) is 0 Å². The smallest absolute Gasteiger partial charge is 0.227 e. The van der Waals surface area contributed by atoms with Crippen LogP contribution in [-0.2, 0) is 0 Å². The van der Waals surface area contributed by atoms with Crippen LogP contribution in [-0.4, -0.2) is 70.3 Å². The molecule has 234 valence electrons. The number of aliphatic hydroxyl groups is 2. The first-order valence-corrected chi connectivity index (χ1v) is 15.9. The van der Waals surface area contributed by atoms with E-state index < -0.39 is 18.2 Å². The molecule has 7 rings (SSSR count). The summed E-state index contributed by atoms with van der Waals surface area (Å²) in [6, 6.07) is 20.6. The summed E-state index contributed by atoms with van der Waals surface area (Å²) in [6.45, 7) is 2.55. The number of nitrogens with two attached hydrogens (primary N) is 1. The van der Waals surface area contributed by atoms with Crippen LogP contribution in [0.15, 0.2) is 79.4 Å². The standard InChI is InChI=1S/C34H41N9O2/c1-21-17-38-43(19-21)28-16-27(30(44)31(28)45)42-20-37-29-32(40-34(41-33(29)42)39-25-14-12-24(35)13-15-25)36-18-26(22-8-4-2-5-9-22)23-10-6-3-7-11-23/h2-11,17,19-20,24-28,30-31,44-45H,12-16,18,35H2,1H3,(H2,36,39,40,41)/t24?,25?,27-,28+,30+,31?/m1/s1. The predicted molar refractivity (Wildman–Crippen MR) is 174 cm³/mol. The minimum Gasteiger partial charge on any atom is -0.388 e. The summed E-state index contributed by atoms with van der Waals surface area (Å²) in [5.74, 6) is 1.22. The van der Waals surface area contributed by atoms with Gasteiger partial charge in [-0.3, -0.25) is 4.68 Å². The van der Waals surface area contributed by atoms with Gasteiger partial charge in [0.1, 0.15) is 12.2 Å². The topological polar surface area (TPSA) is 152 Å². The number of aryl methyl sites for hydroxylation is 1. The number of aromatic nitrogens is 6. The Morgan fingerprint density at radius 3 is 2.22 bits per heavy atom. The Morgan fingerprint density at radius 1 is 0.911 bits per heavy atom. The van der Waals surface area contributed by atoms with Crippen LogP contribution in [0.5, 0.6) is 0 Å². The molecule has 1 unspecified atom stereocenters. The third kappa shape index (κ3) is 6.03. The fourth-order valence-electron chi connectivity index (χ4n) is 6.93. The van der Waals surface area contributed by atoms with Crippen molar-refractivity contribution in [3.8, 4) is 0 Å². The SMILES string of the molecule is Cc1cnn([C@H]2C[C@@H](n3cnc4c(NCC(c5ccccc5)c5ccccc5)nc(NC5CCC(N)CC5)nc43)[C@H](O)C2O)c1. The number of nitrogens with one attached hydrogen (secondary N) is 2. The molecule has 3 aromatic heterocycles. The van der Waals surface area contributed by atoms with Gasteiger partial charge < -0.3 is 31.1 Å². The van der Waals surface area contributed by atoms with E-state index in [9.17, 15) is 10.2 Å². The maximum atomic E-state index is 11.3. The lowest BCUT2D eigenvalue weighted by molar-refractivity contribution is 0.00722. The number of fused-ring (bicyclic) bond motifs is 1. The number of imidazole rings is 1. The molecule has 4 atom stereocenters. The van der Waals surface area contributed by atoms with Crippen molar-refractivity contribution in [2.24, 2.45) is 5.73 Å². The number of nitrogens with zero attached hydrogens (tertiary/aromatic N) is 6. The molecule has 0 bridgehead atoms. The van der Waals surface area contributed by atoms with Gasteiger partial charge in [0, 0.05) is 30.7 Å². The van der Waals surface area contributed by atoms with Gasteiger partial charge >= 0.3 is 0 Å². The molecule has 6 N–H and O–H groups in total. The van der Waals surface area contributed by atoms with Gasteiger partial charge in [-0.25, -0.2) is 4.98 Å². The Balaban J connectivity index is 1.23. The summed E-state index contributed by atoms with van der Waals surface area (Å²) < 4.78 is 3.64. The number of rotatable bonds is 9. The quantitative estimate of drug-likeness (QED) is 0.166. The molecule has 2 aliphatic carbocycles. The summed E-state index contributed by atoms with van der Waals surface area (Å²) >= 11 is 0. The molecule has 0 amide bonds. The molecule has 2 aliphatic rings. The maximum Gasteiger partial charge on any atom is 0.227 e. The Morgan fingerprint density at radius 2 is 1.58 bits per heavy atom. The molecule has 11 heteroatoms. The zero-order valence-corrected chi connectivity index (χ0v) is 25.4. The third-order valence-electron chi connectivity index (χ3n) is 9.45. The van der Waals surface area contributed by atoms with Crippen molar-refractivity contribution in [1.29, 1.82) is 0 Å². The van der Waals surface area contributed by atoms with Gasteiger partial charge in [-0.1, -0.05) is 60.7 Å². The minimum atomic E-state index is -1.01. The highest BCUT2D eigenvalue weighted by atomic mass is 16.3. The second-order valence-electron chi connectivity index (χ2n) is 12.6. The van der Waals surface area contributed by atoms with Crippen LogP contribution in [0.3, 0.4) is 0 Å². The van der Waals surface area contributed by atoms with Crippen LogP contribution < -0.4 is 16.4 Å². The zero-order valence-electron chi connectivity index (χ0n) is 25.4. The highest BCUT2D eigenvalue weighted by molar-refractivity contribution is 5.84. The number of hydrogen-bond donors (Lipinski definition) is 5. The molecule has 0 saturated heterocycles. The Hall–Kier alpha value is -4.32. The van der Waals surface area contributed by atoms with Crippen LogP contribution in [0.25, 0.3) is 11.2 Å². The lowest BCUT2D eigenvalue weighted by Crippen LogP contribution is -2.33. The van der Waals surface area contributed by atoms with E-state index in [0.29, 0.717) is 35.9 Å². The largest absolute Gasteiger partial charge is 0.388 e. The van der Waals surface area contributed by atoms with Crippen molar-refractivity contribution in [3.05, 3.63) is 96.1 Å². The Labute approximate surface area is 262 Å². The molecule has 45 heavy (non-hydrogen) atoms. The Kier molecular flexibility index (Phi) is 8.22. The monoisotopic (exact) mass is 607 g/mol. The summed E-state index contributed by atoms with van der Waals surface area (Å²) in [4.78, 5) is 14.7. The van der Waals surface area contributed by atoms with E-state index >= 15 is 0 Å². The van der Waals surface area contributed by atoms with Crippen molar-refractivity contribution < 1.29 is 10.2 Å². The van der Waals surface area contributed by atoms with Gasteiger partial charge in [-0.05, 0) is 55.7 Å². The highest BCUT2D eigenvalue weighted by Crippen LogP contribution is 2.40. The third-order valence-corrected chi connectivity index (χ3v) is 9.45. The average Bonchev–Trinajstić information content (AvgIpc) is 3.76. The fraction of sp³-hybridized carbons (Fsp3) is 0.412. The second kappa shape index (κ2) is 12.6. The van der Waals surface area contributed by atoms with E-state index in [1.54, 1.807) is 17.2 Å². The number of anilines is 2. The maximum absolute atomic E-state index is 11.3. The molecule has 2 aromatic carbocycles. The molecule has 3 heterocycles. The molecule has 0 radical (unpaired) electrons. The van der Waals surface area contributed by atoms with Gasteiger partial charge in [-0.15, -0.1) is 0 Å². The van der Waals surface area contributed by atoms with Crippen molar-refractivity contribution in [3.63, 3.8) is 0 Å². The summed E-state index contributed by atoms with van der Waals surface area (Å²) in [5, 5.41) is 33.9. The van der Waals surface area contributed by atoms with Crippen molar-refractivity contribution in [2.75, 3.05) is 17.2 Å². The van der Waals surface area contributed by atoms with Crippen molar-refractivity contribution in [1.82, 2.24) is 29.3 Å². The van der Waals surface area contributed by atoms with Crippen LogP contribution in [0.4, 0.5) is 11.8 Å². The van der Waals surface area contributed by atoms with Crippen LogP contribution >= 0.6 is 0 Å². The number of benzene rings is 2. The normalized spacial score (nSPS) is 25.2. The van der Waals surface area contributed by atoms with Gasteiger partial charge in [0.05, 0.1) is 24.6 Å². The summed E-state index contributed by atoms with van der Waals surface area (Å²) in [5.41, 5.74) is 10.8. The summed E-state index contributed by atoms with van der Waals surface area (Å²) in [6.07, 6.45) is 7.67. The minimum absolute atomic E-state index is 0.0841. The first-order chi connectivity index (χ1) is 21.9. The second-order valence-corrected chi connectivity index (χ2v) is 12.6. The van der Waals surface area contributed by atoms with Crippen LogP contribution in [0, 0.1) is 6.92 Å². The molecule has 11 nitrogen and oxygen atoms in total.